The molecule has 1 amide bonds. The topological polar surface area (TPSA) is 52.6 Å². The molecular formula is C10H14N2O2. The summed E-state index contributed by atoms with van der Waals surface area (Å²) in [7, 11) is 0. The van der Waals surface area contributed by atoms with Crippen LogP contribution in [0.1, 0.15) is 13.3 Å². The Balaban J connectivity index is 2.26. The number of allylic oxidation sites excluding steroid dienone is 2. The van der Waals surface area contributed by atoms with Gasteiger partial charge in [0.05, 0.1) is 11.5 Å². The molecule has 2 N–H and O–H groups in total. The molecule has 4 nitrogen and oxygen atoms in total. The number of hydrogen-bond donors (Lipinski definition) is 2. The Bertz CT molecular complexity index is 311. The Morgan fingerprint density at radius 2 is 2.43 bits per heavy atom. The Hall–Kier alpha value is -1.29. The third-order valence-electron chi connectivity index (χ3n) is 3.02. The van der Waals surface area contributed by atoms with Gasteiger partial charge in [-0.1, -0.05) is 12.2 Å². The van der Waals surface area contributed by atoms with Crippen molar-refractivity contribution in [2.45, 2.75) is 18.9 Å². The SMILES string of the molecule is C[C@]1([C@H]2CCNC2=O)C=CC=CN1O. The molecule has 0 aromatic rings. The van der Waals surface area contributed by atoms with E-state index in [9.17, 15) is 10.0 Å². The molecule has 1 saturated heterocycles. The first-order valence-electron chi connectivity index (χ1n) is 4.76. The molecule has 2 atom stereocenters. The number of carbonyl (C=O) groups excluding carboxylic acids is 1. The van der Waals surface area contributed by atoms with Crippen LogP contribution in [-0.4, -0.2) is 28.3 Å². The van der Waals surface area contributed by atoms with Gasteiger partial charge in [0.1, 0.15) is 0 Å². The third-order valence-corrected chi connectivity index (χ3v) is 3.02. The van der Waals surface area contributed by atoms with Gasteiger partial charge in [-0.05, 0) is 19.4 Å². The van der Waals surface area contributed by atoms with Crippen molar-refractivity contribution in [3.63, 3.8) is 0 Å². The maximum atomic E-state index is 11.5. The van der Waals surface area contributed by atoms with Crippen molar-refractivity contribution >= 4 is 5.91 Å². The first-order valence-corrected chi connectivity index (χ1v) is 4.76. The average molecular weight is 194 g/mol. The van der Waals surface area contributed by atoms with Crippen LogP contribution in [-0.2, 0) is 4.79 Å². The highest BCUT2D eigenvalue weighted by Crippen LogP contribution is 2.32. The fourth-order valence-electron chi connectivity index (χ4n) is 2.05. The second kappa shape index (κ2) is 3.13. The van der Waals surface area contributed by atoms with Gasteiger partial charge in [0.2, 0.25) is 5.91 Å². The van der Waals surface area contributed by atoms with E-state index in [4.69, 9.17) is 0 Å². The molecule has 2 aliphatic rings. The zero-order valence-corrected chi connectivity index (χ0v) is 8.10. The van der Waals surface area contributed by atoms with Crippen molar-refractivity contribution in [3.8, 4) is 0 Å². The van der Waals surface area contributed by atoms with Crippen LogP contribution in [0.4, 0.5) is 0 Å². The molecule has 0 aromatic carbocycles. The normalized spacial score (nSPS) is 36.3. The first kappa shape index (κ1) is 9.27. The van der Waals surface area contributed by atoms with E-state index in [0.717, 1.165) is 11.5 Å². The van der Waals surface area contributed by atoms with Crippen molar-refractivity contribution in [2.24, 2.45) is 5.92 Å². The van der Waals surface area contributed by atoms with Crippen molar-refractivity contribution < 1.29 is 10.0 Å². The smallest absolute Gasteiger partial charge is 0.225 e. The van der Waals surface area contributed by atoms with Gasteiger partial charge in [0.25, 0.3) is 0 Å². The van der Waals surface area contributed by atoms with Crippen LogP contribution in [0.15, 0.2) is 24.4 Å². The van der Waals surface area contributed by atoms with Gasteiger partial charge in [0, 0.05) is 12.7 Å². The number of hydrogen-bond acceptors (Lipinski definition) is 3. The predicted molar refractivity (Wildman–Crippen MR) is 51.4 cm³/mol. The second-order valence-electron chi connectivity index (χ2n) is 3.90. The summed E-state index contributed by atoms with van der Waals surface area (Å²) in [5.41, 5.74) is -0.602. The summed E-state index contributed by atoms with van der Waals surface area (Å²) >= 11 is 0. The van der Waals surface area contributed by atoms with E-state index >= 15 is 0 Å². The first-order chi connectivity index (χ1) is 6.64. The minimum Gasteiger partial charge on any atom is -0.356 e. The number of carbonyl (C=O) groups is 1. The third kappa shape index (κ3) is 1.23. The molecule has 0 aromatic heterocycles. The molecule has 0 spiro atoms. The van der Waals surface area contributed by atoms with E-state index in [-0.39, 0.29) is 11.8 Å². The average Bonchev–Trinajstić information content (AvgIpc) is 2.57. The van der Waals surface area contributed by atoms with Crippen LogP contribution < -0.4 is 5.32 Å². The van der Waals surface area contributed by atoms with Gasteiger partial charge in [0.15, 0.2) is 0 Å². The van der Waals surface area contributed by atoms with E-state index in [1.807, 2.05) is 19.1 Å². The molecule has 2 aliphatic heterocycles. The maximum absolute atomic E-state index is 11.5. The molecule has 14 heavy (non-hydrogen) atoms. The molecule has 4 heteroatoms. The molecule has 0 unspecified atom stereocenters. The molecule has 0 saturated carbocycles. The fraction of sp³-hybridized carbons (Fsp3) is 0.500. The van der Waals surface area contributed by atoms with Crippen molar-refractivity contribution in [1.82, 2.24) is 10.4 Å². The molecule has 0 radical (unpaired) electrons. The van der Waals surface area contributed by atoms with Gasteiger partial charge >= 0.3 is 0 Å². The Kier molecular flexibility index (Phi) is 2.07. The molecule has 2 heterocycles. The summed E-state index contributed by atoms with van der Waals surface area (Å²) in [5, 5.41) is 13.6. The molecule has 76 valence electrons. The van der Waals surface area contributed by atoms with E-state index < -0.39 is 5.54 Å². The summed E-state index contributed by atoms with van der Waals surface area (Å²) in [4.78, 5) is 11.5. The van der Waals surface area contributed by atoms with Gasteiger partial charge < -0.3 is 5.32 Å². The lowest BCUT2D eigenvalue weighted by Gasteiger charge is -2.38. The number of nitrogens with zero attached hydrogens (tertiary/aromatic N) is 1. The Labute approximate surface area is 82.9 Å². The van der Waals surface area contributed by atoms with Crippen LogP contribution in [0.5, 0.6) is 0 Å². The molecule has 0 aliphatic carbocycles. The van der Waals surface area contributed by atoms with E-state index in [0.29, 0.717) is 6.54 Å². The van der Waals surface area contributed by atoms with Gasteiger partial charge in [-0.2, -0.15) is 0 Å². The zero-order valence-electron chi connectivity index (χ0n) is 8.10. The Morgan fingerprint density at radius 1 is 1.64 bits per heavy atom. The van der Waals surface area contributed by atoms with E-state index in [1.54, 1.807) is 12.3 Å². The molecular weight excluding hydrogens is 180 g/mol. The minimum absolute atomic E-state index is 0.0199. The largest absolute Gasteiger partial charge is 0.356 e. The van der Waals surface area contributed by atoms with E-state index in [2.05, 4.69) is 5.32 Å². The lowest BCUT2D eigenvalue weighted by Crippen LogP contribution is -2.49. The van der Waals surface area contributed by atoms with Crippen LogP contribution in [0, 0.1) is 5.92 Å². The van der Waals surface area contributed by atoms with Crippen molar-refractivity contribution in [1.29, 1.82) is 0 Å². The second-order valence-corrected chi connectivity index (χ2v) is 3.90. The monoisotopic (exact) mass is 194 g/mol. The number of amides is 1. The number of nitrogens with one attached hydrogen (secondary N) is 1. The lowest BCUT2D eigenvalue weighted by molar-refractivity contribution is -0.145. The maximum Gasteiger partial charge on any atom is 0.225 e. The Morgan fingerprint density at radius 3 is 3.00 bits per heavy atom. The quantitative estimate of drug-likeness (QED) is 0.644. The molecule has 1 fully saturated rings. The number of hydroxylamine groups is 2. The zero-order chi connectivity index (χ0) is 10.2. The highest BCUT2D eigenvalue weighted by atomic mass is 16.5. The lowest BCUT2D eigenvalue weighted by atomic mass is 9.83. The summed E-state index contributed by atoms with van der Waals surface area (Å²) in [6.45, 7) is 2.56. The number of rotatable bonds is 1. The van der Waals surface area contributed by atoms with Crippen LogP contribution >= 0.6 is 0 Å². The molecule has 0 bridgehead atoms. The summed E-state index contributed by atoms with van der Waals surface area (Å²) in [5.74, 6) is -0.153. The van der Waals surface area contributed by atoms with Gasteiger partial charge in [-0.3, -0.25) is 15.1 Å². The summed E-state index contributed by atoms with van der Waals surface area (Å²) in [6.07, 6.45) is 7.81. The van der Waals surface area contributed by atoms with Crippen LogP contribution in [0.3, 0.4) is 0 Å². The summed E-state index contributed by atoms with van der Waals surface area (Å²) < 4.78 is 0. The van der Waals surface area contributed by atoms with Gasteiger partial charge in [-0.15, -0.1) is 0 Å². The minimum atomic E-state index is -0.602. The highest BCUT2D eigenvalue weighted by Gasteiger charge is 2.43. The highest BCUT2D eigenvalue weighted by molar-refractivity contribution is 5.82. The standard InChI is InChI=1S/C10H14N2O2/c1-10(5-2-3-7-12(10)14)8-4-6-11-9(8)13/h2-3,5,7-8,14H,4,6H2,1H3,(H,11,13)/t8-,10+/m0/s1. The predicted octanol–water partition coefficient (Wildman–Crippen LogP) is 0.656. The van der Waals surface area contributed by atoms with E-state index in [1.165, 1.54) is 0 Å². The van der Waals surface area contributed by atoms with Crippen LogP contribution in [0.2, 0.25) is 0 Å². The van der Waals surface area contributed by atoms with Crippen molar-refractivity contribution in [2.75, 3.05) is 6.54 Å². The summed E-state index contributed by atoms with van der Waals surface area (Å²) in [6, 6.07) is 0. The van der Waals surface area contributed by atoms with Gasteiger partial charge in [-0.25, -0.2) is 0 Å². The van der Waals surface area contributed by atoms with Crippen molar-refractivity contribution in [3.05, 3.63) is 24.4 Å². The van der Waals surface area contributed by atoms with Crippen LogP contribution in [0.25, 0.3) is 0 Å². The fourth-order valence-corrected chi connectivity index (χ4v) is 2.05. The molecule has 2 rings (SSSR count).